The molecule has 1 fully saturated rings. The summed E-state index contributed by atoms with van der Waals surface area (Å²) < 4.78 is 0. The molecule has 2 heterocycles. The average Bonchev–Trinajstić information content (AvgIpc) is 3.48. The van der Waals surface area contributed by atoms with E-state index in [0.717, 1.165) is 39.1 Å². The zero-order valence-corrected chi connectivity index (χ0v) is 15.5. The minimum absolute atomic E-state index is 0.232. The fourth-order valence-corrected chi connectivity index (χ4v) is 4.16. The quantitative estimate of drug-likeness (QED) is 0.494. The second-order valence-electron chi connectivity index (χ2n) is 7.53. The molecule has 28 heavy (non-hydrogen) atoms. The van der Waals surface area contributed by atoms with E-state index in [0.29, 0.717) is 12.3 Å². The molecule has 0 spiro atoms. The van der Waals surface area contributed by atoms with Crippen LogP contribution in [0.3, 0.4) is 0 Å². The maximum absolute atomic E-state index is 12.7. The predicted molar refractivity (Wildman–Crippen MR) is 108 cm³/mol. The van der Waals surface area contributed by atoms with E-state index in [4.69, 9.17) is 0 Å². The van der Waals surface area contributed by atoms with Crippen molar-refractivity contribution < 1.29 is 4.79 Å². The number of aromatic amines is 2. The van der Waals surface area contributed by atoms with E-state index in [1.165, 1.54) is 32.0 Å². The van der Waals surface area contributed by atoms with Crippen LogP contribution in [-0.2, 0) is 0 Å². The molecule has 4 aromatic rings. The molecule has 6 heteroatoms. The van der Waals surface area contributed by atoms with Crippen molar-refractivity contribution in [2.24, 2.45) is 5.92 Å². The lowest BCUT2D eigenvalue weighted by Crippen LogP contribution is -2.05. The molecule has 0 aliphatic heterocycles. The lowest BCUT2D eigenvalue weighted by atomic mass is 9.95. The van der Waals surface area contributed by atoms with Crippen LogP contribution in [0.4, 0.5) is 0 Å². The van der Waals surface area contributed by atoms with E-state index in [9.17, 15) is 4.79 Å². The Morgan fingerprint density at radius 3 is 2.75 bits per heavy atom. The standard InChI is InChI=1S/C22H21N5O/c28-20(10-14-4-1-2-5-14)15-6-3-7-16(11-15)21-18-12-17(22-23-13-24-27-22)8-9-19(18)25-26-21/h3,6-9,11-14H,1-2,4-5,10H2,(H,25,26)(H,23,24,27). The first-order valence-electron chi connectivity index (χ1n) is 9.75. The molecule has 1 aliphatic carbocycles. The van der Waals surface area contributed by atoms with Crippen molar-refractivity contribution in [1.29, 1.82) is 0 Å². The van der Waals surface area contributed by atoms with Crippen LogP contribution in [0.2, 0.25) is 0 Å². The Morgan fingerprint density at radius 1 is 1.04 bits per heavy atom. The molecule has 5 rings (SSSR count). The highest BCUT2D eigenvalue weighted by Crippen LogP contribution is 2.32. The van der Waals surface area contributed by atoms with Gasteiger partial charge in [-0.15, -0.1) is 0 Å². The minimum atomic E-state index is 0.232. The Balaban J connectivity index is 1.49. The third-order valence-corrected chi connectivity index (χ3v) is 5.66. The van der Waals surface area contributed by atoms with Gasteiger partial charge < -0.3 is 0 Å². The molecule has 2 aromatic carbocycles. The van der Waals surface area contributed by atoms with Crippen LogP contribution in [0.1, 0.15) is 42.5 Å². The molecule has 0 bridgehead atoms. The van der Waals surface area contributed by atoms with E-state index in [-0.39, 0.29) is 5.78 Å². The number of nitrogens with zero attached hydrogens (tertiary/aromatic N) is 3. The molecule has 2 aromatic heterocycles. The van der Waals surface area contributed by atoms with Crippen molar-refractivity contribution in [2.75, 3.05) is 0 Å². The molecule has 140 valence electrons. The number of aromatic nitrogens is 5. The number of hydrogen-bond donors (Lipinski definition) is 2. The summed E-state index contributed by atoms with van der Waals surface area (Å²) in [6.45, 7) is 0. The molecule has 0 atom stereocenters. The molecule has 0 amide bonds. The average molecular weight is 371 g/mol. The van der Waals surface area contributed by atoms with Gasteiger partial charge in [0.25, 0.3) is 0 Å². The van der Waals surface area contributed by atoms with Gasteiger partial charge in [0.05, 0.1) is 11.2 Å². The maximum Gasteiger partial charge on any atom is 0.163 e. The minimum Gasteiger partial charge on any atom is -0.294 e. The van der Waals surface area contributed by atoms with Crippen molar-refractivity contribution in [3.8, 4) is 22.6 Å². The van der Waals surface area contributed by atoms with Gasteiger partial charge in [-0.3, -0.25) is 15.0 Å². The van der Waals surface area contributed by atoms with Gasteiger partial charge in [-0.2, -0.15) is 10.2 Å². The molecule has 1 saturated carbocycles. The Morgan fingerprint density at radius 2 is 1.93 bits per heavy atom. The Labute approximate surface area is 162 Å². The fraction of sp³-hybridized carbons (Fsp3) is 0.273. The summed E-state index contributed by atoms with van der Waals surface area (Å²) in [5, 5.41) is 15.4. The molecule has 0 radical (unpaired) electrons. The van der Waals surface area contributed by atoms with Crippen molar-refractivity contribution >= 4 is 16.7 Å². The van der Waals surface area contributed by atoms with Gasteiger partial charge in [0.15, 0.2) is 11.6 Å². The van der Waals surface area contributed by atoms with Crippen LogP contribution >= 0.6 is 0 Å². The van der Waals surface area contributed by atoms with E-state index in [1.54, 1.807) is 0 Å². The van der Waals surface area contributed by atoms with E-state index < -0.39 is 0 Å². The third kappa shape index (κ3) is 3.11. The highest BCUT2D eigenvalue weighted by Gasteiger charge is 2.20. The monoisotopic (exact) mass is 371 g/mol. The van der Waals surface area contributed by atoms with Gasteiger partial charge in [-0.05, 0) is 30.2 Å². The number of fused-ring (bicyclic) bond motifs is 1. The first-order valence-corrected chi connectivity index (χ1v) is 9.75. The number of H-pyrrole nitrogens is 2. The molecular formula is C22H21N5O. The summed E-state index contributed by atoms with van der Waals surface area (Å²) in [4.78, 5) is 17.0. The summed E-state index contributed by atoms with van der Waals surface area (Å²) in [6.07, 6.45) is 7.02. The van der Waals surface area contributed by atoms with Gasteiger partial charge in [-0.25, -0.2) is 4.98 Å². The summed E-state index contributed by atoms with van der Waals surface area (Å²) in [5.74, 6) is 1.50. The zero-order valence-electron chi connectivity index (χ0n) is 15.5. The first kappa shape index (κ1) is 16.9. The highest BCUT2D eigenvalue weighted by atomic mass is 16.1. The molecule has 1 aliphatic rings. The third-order valence-electron chi connectivity index (χ3n) is 5.66. The van der Waals surface area contributed by atoms with Crippen molar-refractivity contribution in [1.82, 2.24) is 25.4 Å². The molecule has 6 nitrogen and oxygen atoms in total. The molecular weight excluding hydrogens is 350 g/mol. The van der Waals surface area contributed by atoms with Gasteiger partial charge in [-0.1, -0.05) is 43.9 Å². The predicted octanol–water partition coefficient (Wildman–Crippen LogP) is 4.78. The Bertz CT molecular complexity index is 1120. The zero-order chi connectivity index (χ0) is 18.9. The summed E-state index contributed by atoms with van der Waals surface area (Å²) >= 11 is 0. The molecule has 0 unspecified atom stereocenters. The normalized spacial score (nSPS) is 14.7. The second-order valence-corrected chi connectivity index (χ2v) is 7.53. The van der Waals surface area contributed by atoms with Crippen LogP contribution in [0.15, 0.2) is 48.8 Å². The summed E-state index contributed by atoms with van der Waals surface area (Å²) in [6, 6.07) is 13.8. The number of nitrogens with one attached hydrogen (secondary N) is 2. The number of carbonyl (C=O) groups is 1. The van der Waals surface area contributed by atoms with E-state index in [1.807, 2.05) is 42.5 Å². The van der Waals surface area contributed by atoms with Crippen molar-refractivity contribution in [3.63, 3.8) is 0 Å². The van der Waals surface area contributed by atoms with Crippen LogP contribution in [0, 0.1) is 5.92 Å². The largest absolute Gasteiger partial charge is 0.294 e. The van der Waals surface area contributed by atoms with Crippen molar-refractivity contribution in [3.05, 3.63) is 54.4 Å². The number of Topliss-reactive ketones (excluding diaryl/α,β-unsaturated/α-hetero) is 1. The molecule has 2 N–H and O–H groups in total. The van der Waals surface area contributed by atoms with E-state index in [2.05, 4.69) is 25.4 Å². The number of benzene rings is 2. The number of rotatable bonds is 5. The van der Waals surface area contributed by atoms with Crippen LogP contribution in [-0.4, -0.2) is 31.2 Å². The smallest absolute Gasteiger partial charge is 0.163 e. The van der Waals surface area contributed by atoms with Gasteiger partial charge in [0, 0.05) is 28.5 Å². The van der Waals surface area contributed by atoms with Gasteiger partial charge in [0.1, 0.15) is 6.33 Å². The number of carbonyl (C=O) groups excluding carboxylic acids is 1. The second kappa shape index (κ2) is 7.03. The summed E-state index contributed by atoms with van der Waals surface area (Å²) in [7, 11) is 0. The Kier molecular flexibility index (Phi) is 4.24. The summed E-state index contributed by atoms with van der Waals surface area (Å²) in [5.41, 5.74) is 4.44. The van der Waals surface area contributed by atoms with Crippen LogP contribution in [0.5, 0.6) is 0 Å². The Hall–Kier alpha value is -3.28. The lowest BCUT2D eigenvalue weighted by Gasteiger charge is -2.08. The maximum atomic E-state index is 12.7. The lowest BCUT2D eigenvalue weighted by molar-refractivity contribution is 0.0962. The van der Waals surface area contributed by atoms with Crippen LogP contribution < -0.4 is 0 Å². The van der Waals surface area contributed by atoms with Gasteiger partial charge >= 0.3 is 0 Å². The number of hydrogen-bond acceptors (Lipinski definition) is 4. The first-order chi connectivity index (χ1) is 13.8. The van der Waals surface area contributed by atoms with Crippen LogP contribution in [0.25, 0.3) is 33.5 Å². The van der Waals surface area contributed by atoms with Crippen molar-refractivity contribution in [2.45, 2.75) is 32.1 Å². The molecule has 0 saturated heterocycles. The highest BCUT2D eigenvalue weighted by molar-refractivity contribution is 5.99. The topological polar surface area (TPSA) is 87.3 Å². The SMILES string of the molecule is O=C(CC1CCCC1)c1cccc(-c2n[nH]c3ccc(-c4ncn[nH]4)cc23)c1. The van der Waals surface area contributed by atoms with Gasteiger partial charge in [0.2, 0.25) is 0 Å². The van der Waals surface area contributed by atoms with E-state index >= 15 is 0 Å². The fourth-order valence-electron chi connectivity index (χ4n) is 4.16. The number of ketones is 1.